The highest BCUT2D eigenvalue weighted by Crippen LogP contribution is 2.45. The second kappa shape index (κ2) is 8.05. The van der Waals surface area contributed by atoms with E-state index < -0.39 is 17.6 Å². The minimum atomic E-state index is -1.08. The molecule has 0 aliphatic carbocycles. The van der Waals surface area contributed by atoms with Crippen LogP contribution in [0.15, 0.2) is 66.2 Å². The van der Waals surface area contributed by atoms with E-state index in [-0.39, 0.29) is 11.1 Å². The Bertz CT molecular complexity index is 1740. The van der Waals surface area contributed by atoms with E-state index in [0.29, 0.717) is 17.1 Å². The van der Waals surface area contributed by atoms with E-state index in [0.717, 1.165) is 16.5 Å². The van der Waals surface area contributed by atoms with Crippen molar-refractivity contribution < 1.29 is 18.7 Å². The predicted octanol–water partition coefficient (Wildman–Crippen LogP) is 7.94. The molecule has 0 fully saturated rings. The van der Waals surface area contributed by atoms with E-state index in [9.17, 15) is 18.7 Å². The molecule has 0 bridgehead atoms. The largest absolute Gasteiger partial charge is 0.478 e. The summed E-state index contributed by atoms with van der Waals surface area (Å²) in [5.74, 6) is -2.48. The van der Waals surface area contributed by atoms with Gasteiger partial charge in [0.1, 0.15) is 11.6 Å². The van der Waals surface area contributed by atoms with Crippen LogP contribution in [0.5, 0.6) is 0 Å². The standard InChI is InChI=1S/C25H12F2N2O2S3/c26-14-1-2-15(16(27)10-14)17-8-13(9-19(29-17)18-7-12(25(30)31)3-5-28-18)21-11-22-24(34-21)23-20(33-22)4-6-32-23/h1-11H,(H,30,31). The molecule has 166 valence electrons. The van der Waals surface area contributed by atoms with Crippen molar-refractivity contribution in [1.82, 2.24) is 9.97 Å². The van der Waals surface area contributed by atoms with Crippen molar-refractivity contribution in [2.75, 3.05) is 0 Å². The van der Waals surface area contributed by atoms with Crippen LogP contribution in [0.4, 0.5) is 8.78 Å². The van der Waals surface area contributed by atoms with Gasteiger partial charge in [0.15, 0.2) is 0 Å². The van der Waals surface area contributed by atoms with E-state index in [4.69, 9.17) is 0 Å². The topological polar surface area (TPSA) is 63.1 Å². The van der Waals surface area contributed by atoms with Gasteiger partial charge in [0.25, 0.3) is 0 Å². The van der Waals surface area contributed by atoms with Gasteiger partial charge in [-0.05, 0) is 59.5 Å². The van der Waals surface area contributed by atoms with Crippen molar-refractivity contribution in [1.29, 1.82) is 0 Å². The summed E-state index contributed by atoms with van der Waals surface area (Å²) in [6, 6.07) is 14.0. The number of halogens is 2. The Morgan fingerprint density at radius 2 is 1.71 bits per heavy atom. The molecule has 1 N–H and O–H groups in total. The molecular weight excluding hydrogens is 494 g/mol. The second-order valence-corrected chi connectivity index (χ2v) is 10.6. The summed E-state index contributed by atoms with van der Waals surface area (Å²) in [6.07, 6.45) is 1.40. The normalized spacial score (nSPS) is 11.5. The highest BCUT2D eigenvalue weighted by molar-refractivity contribution is 7.38. The number of aromatic carboxylic acids is 1. The SMILES string of the molecule is O=C(O)c1ccnc(-c2cc(-c3cc4sc5ccsc5c4s3)cc(-c3ccc(F)cc3F)n2)c1. The van der Waals surface area contributed by atoms with Gasteiger partial charge in [-0.3, -0.25) is 4.98 Å². The highest BCUT2D eigenvalue weighted by atomic mass is 32.1. The lowest BCUT2D eigenvalue weighted by Gasteiger charge is -2.10. The van der Waals surface area contributed by atoms with Crippen LogP contribution in [0.2, 0.25) is 0 Å². The number of aromatic nitrogens is 2. The fourth-order valence-corrected chi connectivity index (χ4v) is 7.51. The molecule has 0 atom stereocenters. The maximum Gasteiger partial charge on any atom is 0.335 e. The van der Waals surface area contributed by atoms with Gasteiger partial charge in [-0.1, -0.05) is 0 Å². The highest BCUT2D eigenvalue weighted by Gasteiger charge is 2.17. The zero-order valence-electron chi connectivity index (χ0n) is 17.1. The van der Waals surface area contributed by atoms with E-state index >= 15 is 0 Å². The lowest BCUT2D eigenvalue weighted by molar-refractivity contribution is 0.0697. The Hall–Kier alpha value is -3.53. The quantitative estimate of drug-likeness (QED) is 0.264. The fraction of sp³-hybridized carbons (Fsp3) is 0. The zero-order valence-corrected chi connectivity index (χ0v) is 19.5. The molecule has 0 radical (unpaired) electrons. The first-order valence-electron chi connectivity index (χ1n) is 10.0. The number of carbonyl (C=O) groups is 1. The molecule has 0 unspecified atom stereocenters. The number of rotatable bonds is 4. The number of hydrogen-bond acceptors (Lipinski definition) is 6. The summed E-state index contributed by atoms with van der Waals surface area (Å²) in [7, 11) is 0. The van der Waals surface area contributed by atoms with E-state index in [2.05, 4.69) is 27.5 Å². The molecule has 6 aromatic rings. The molecular formula is C25H12F2N2O2S3. The molecule has 0 saturated heterocycles. The number of pyridine rings is 2. The van der Waals surface area contributed by atoms with Gasteiger partial charge >= 0.3 is 5.97 Å². The van der Waals surface area contributed by atoms with Crippen LogP contribution < -0.4 is 0 Å². The number of thiophene rings is 3. The summed E-state index contributed by atoms with van der Waals surface area (Å²) in [5, 5.41) is 11.5. The summed E-state index contributed by atoms with van der Waals surface area (Å²) >= 11 is 5.06. The second-order valence-electron chi connectivity index (χ2n) is 7.51. The van der Waals surface area contributed by atoms with Crippen molar-refractivity contribution >= 4 is 58.8 Å². The number of fused-ring (bicyclic) bond motifs is 3. The van der Waals surface area contributed by atoms with Crippen LogP contribution in [0, 0.1) is 11.6 Å². The van der Waals surface area contributed by atoms with Gasteiger partial charge in [-0.15, -0.1) is 34.0 Å². The van der Waals surface area contributed by atoms with Crippen molar-refractivity contribution in [2.45, 2.75) is 0 Å². The van der Waals surface area contributed by atoms with Gasteiger partial charge in [0.2, 0.25) is 0 Å². The fourth-order valence-electron chi connectivity index (χ4n) is 3.76. The van der Waals surface area contributed by atoms with Crippen molar-refractivity contribution in [3.05, 3.63) is 83.4 Å². The van der Waals surface area contributed by atoms with E-state index in [1.807, 2.05) is 6.07 Å². The summed E-state index contributed by atoms with van der Waals surface area (Å²) in [4.78, 5) is 21.3. The van der Waals surface area contributed by atoms with Gasteiger partial charge in [-0.25, -0.2) is 18.6 Å². The molecule has 0 saturated carbocycles. The average molecular weight is 507 g/mol. The smallest absolute Gasteiger partial charge is 0.335 e. The average Bonchev–Trinajstić information content (AvgIpc) is 3.51. The van der Waals surface area contributed by atoms with Crippen LogP contribution >= 0.6 is 34.0 Å². The van der Waals surface area contributed by atoms with Crippen molar-refractivity contribution in [3.8, 4) is 33.1 Å². The summed E-state index contributed by atoms with van der Waals surface area (Å²) < 4.78 is 33.1. The molecule has 34 heavy (non-hydrogen) atoms. The molecule has 9 heteroatoms. The Morgan fingerprint density at radius 1 is 0.853 bits per heavy atom. The molecule has 5 heterocycles. The zero-order chi connectivity index (χ0) is 23.4. The number of nitrogens with zero attached hydrogens (tertiary/aromatic N) is 2. The molecule has 0 spiro atoms. The van der Waals surface area contributed by atoms with Crippen LogP contribution in [-0.2, 0) is 0 Å². The molecule has 0 aliphatic rings. The molecule has 6 rings (SSSR count). The van der Waals surface area contributed by atoms with Crippen LogP contribution in [0.1, 0.15) is 10.4 Å². The third-order valence-corrected chi connectivity index (χ3v) is 8.96. The Kier molecular flexibility index (Phi) is 4.98. The van der Waals surface area contributed by atoms with E-state index in [1.165, 1.54) is 49.3 Å². The van der Waals surface area contributed by atoms with Crippen LogP contribution in [0.25, 0.3) is 51.9 Å². The molecule has 0 amide bonds. The first-order valence-corrected chi connectivity index (χ1v) is 12.5. The Morgan fingerprint density at radius 3 is 2.53 bits per heavy atom. The molecule has 1 aromatic carbocycles. The van der Waals surface area contributed by atoms with Crippen molar-refractivity contribution in [2.24, 2.45) is 0 Å². The monoisotopic (exact) mass is 506 g/mol. The van der Waals surface area contributed by atoms with E-state index in [1.54, 1.807) is 40.1 Å². The minimum absolute atomic E-state index is 0.0726. The predicted molar refractivity (Wildman–Crippen MR) is 134 cm³/mol. The lowest BCUT2D eigenvalue weighted by atomic mass is 10.0. The van der Waals surface area contributed by atoms with Gasteiger partial charge in [0, 0.05) is 32.1 Å². The first-order chi connectivity index (χ1) is 16.5. The maximum atomic E-state index is 14.7. The Labute approximate surface area is 203 Å². The van der Waals surface area contributed by atoms with Crippen molar-refractivity contribution in [3.63, 3.8) is 0 Å². The maximum absolute atomic E-state index is 14.7. The third-order valence-electron chi connectivity index (χ3n) is 5.34. The Balaban J connectivity index is 1.57. The summed E-state index contributed by atoms with van der Waals surface area (Å²) in [5.41, 5.74) is 2.08. The minimum Gasteiger partial charge on any atom is -0.478 e. The number of carboxylic acids is 1. The molecule has 0 aliphatic heterocycles. The molecule has 4 nitrogen and oxygen atoms in total. The summed E-state index contributed by atoms with van der Waals surface area (Å²) in [6.45, 7) is 0. The number of benzene rings is 1. The lowest BCUT2D eigenvalue weighted by Crippen LogP contribution is -1.99. The number of carboxylic acid groups (broad SMARTS) is 1. The van der Waals surface area contributed by atoms with Crippen LogP contribution in [0.3, 0.4) is 0 Å². The third kappa shape index (κ3) is 3.58. The van der Waals surface area contributed by atoms with Gasteiger partial charge in [0.05, 0.1) is 32.0 Å². The first kappa shape index (κ1) is 21.0. The van der Waals surface area contributed by atoms with Crippen LogP contribution in [-0.4, -0.2) is 21.0 Å². The molecule has 5 aromatic heterocycles. The van der Waals surface area contributed by atoms with Gasteiger partial charge < -0.3 is 5.11 Å². The van der Waals surface area contributed by atoms with Gasteiger partial charge in [-0.2, -0.15) is 0 Å². The number of hydrogen-bond donors (Lipinski definition) is 1.